The highest BCUT2D eigenvalue weighted by atomic mass is 35.5. The van der Waals surface area contributed by atoms with Crippen molar-refractivity contribution in [3.8, 4) is 0 Å². The van der Waals surface area contributed by atoms with Gasteiger partial charge in [0, 0.05) is 17.0 Å². The predicted octanol–water partition coefficient (Wildman–Crippen LogP) is 4.55. The van der Waals surface area contributed by atoms with Crippen LogP contribution in [0.5, 0.6) is 0 Å². The molecule has 0 saturated heterocycles. The number of para-hydroxylation sites is 1. The van der Waals surface area contributed by atoms with E-state index in [0.29, 0.717) is 23.3 Å². The van der Waals surface area contributed by atoms with Crippen LogP contribution < -0.4 is 5.32 Å². The number of carbonyl (C=O) groups excluding carboxylic acids is 1. The molecule has 0 aliphatic carbocycles. The van der Waals surface area contributed by atoms with Crippen molar-refractivity contribution in [2.75, 3.05) is 17.7 Å². The molecule has 0 spiro atoms. The third kappa shape index (κ3) is 4.86. The SMILES string of the molecule is CCOC(=O)CSc1nc(NCc2ccc(Cl)cc2)c2ccccc2n1. The lowest BCUT2D eigenvalue weighted by molar-refractivity contribution is -0.139. The summed E-state index contributed by atoms with van der Waals surface area (Å²) in [7, 11) is 0. The molecule has 1 aromatic heterocycles. The van der Waals surface area contributed by atoms with E-state index in [4.69, 9.17) is 16.3 Å². The van der Waals surface area contributed by atoms with Crippen LogP contribution >= 0.6 is 23.4 Å². The molecule has 5 nitrogen and oxygen atoms in total. The molecule has 0 bridgehead atoms. The molecule has 26 heavy (non-hydrogen) atoms. The van der Waals surface area contributed by atoms with E-state index in [0.717, 1.165) is 22.3 Å². The third-order valence-corrected chi connectivity index (χ3v) is 4.65. The van der Waals surface area contributed by atoms with Crippen LogP contribution in [-0.4, -0.2) is 28.3 Å². The first kappa shape index (κ1) is 18.5. The Morgan fingerprint density at radius 3 is 2.69 bits per heavy atom. The smallest absolute Gasteiger partial charge is 0.316 e. The quantitative estimate of drug-likeness (QED) is 0.364. The number of carbonyl (C=O) groups is 1. The monoisotopic (exact) mass is 387 g/mol. The third-order valence-electron chi connectivity index (χ3n) is 3.58. The van der Waals surface area contributed by atoms with Crippen molar-refractivity contribution in [1.29, 1.82) is 0 Å². The zero-order chi connectivity index (χ0) is 18.4. The van der Waals surface area contributed by atoms with Crippen LogP contribution in [0.3, 0.4) is 0 Å². The maximum atomic E-state index is 11.6. The van der Waals surface area contributed by atoms with Crippen LogP contribution in [0.25, 0.3) is 10.9 Å². The second-order valence-corrected chi connectivity index (χ2v) is 6.82. The maximum Gasteiger partial charge on any atom is 0.316 e. The number of ether oxygens (including phenoxy) is 1. The second-order valence-electron chi connectivity index (χ2n) is 5.45. The second kappa shape index (κ2) is 8.87. The highest BCUT2D eigenvalue weighted by Gasteiger charge is 2.10. The average molecular weight is 388 g/mol. The first-order valence-corrected chi connectivity index (χ1v) is 9.55. The van der Waals surface area contributed by atoms with Gasteiger partial charge in [-0.1, -0.05) is 47.6 Å². The molecule has 1 heterocycles. The summed E-state index contributed by atoms with van der Waals surface area (Å²) >= 11 is 7.20. The summed E-state index contributed by atoms with van der Waals surface area (Å²) in [5.41, 5.74) is 1.92. The van der Waals surface area contributed by atoms with E-state index in [-0.39, 0.29) is 11.7 Å². The number of anilines is 1. The zero-order valence-electron chi connectivity index (χ0n) is 14.2. The van der Waals surface area contributed by atoms with E-state index in [1.54, 1.807) is 6.92 Å². The molecule has 0 unspecified atom stereocenters. The van der Waals surface area contributed by atoms with Gasteiger partial charge >= 0.3 is 5.97 Å². The number of benzene rings is 2. The van der Waals surface area contributed by atoms with Crippen LogP contribution in [-0.2, 0) is 16.1 Å². The van der Waals surface area contributed by atoms with Gasteiger partial charge in [0.25, 0.3) is 0 Å². The molecular formula is C19H18ClN3O2S. The Morgan fingerprint density at radius 1 is 1.15 bits per heavy atom. The minimum atomic E-state index is -0.273. The largest absolute Gasteiger partial charge is 0.465 e. The van der Waals surface area contributed by atoms with Gasteiger partial charge in [-0.3, -0.25) is 4.79 Å². The van der Waals surface area contributed by atoms with Crippen LogP contribution in [0.1, 0.15) is 12.5 Å². The highest BCUT2D eigenvalue weighted by molar-refractivity contribution is 7.99. The fraction of sp³-hybridized carbons (Fsp3) is 0.211. The van der Waals surface area contributed by atoms with Crippen LogP contribution in [0.2, 0.25) is 5.02 Å². The summed E-state index contributed by atoms with van der Waals surface area (Å²) in [4.78, 5) is 20.7. The lowest BCUT2D eigenvalue weighted by atomic mass is 10.2. The van der Waals surface area contributed by atoms with Gasteiger partial charge in [0.2, 0.25) is 0 Å². The van der Waals surface area contributed by atoms with Crippen LogP contribution in [0.15, 0.2) is 53.7 Å². The van der Waals surface area contributed by atoms with Gasteiger partial charge < -0.3 is 10.1 Å². The van der Waals surface area contributed by atoms with E-state index in [9.17, 15) is 4.79 Å². The number of fused-ring (bicyclic) bond motifs is 1. The summed E-state index contributed by atoms with van der Waals surface area (Å²) in [6.07, 6.45) is 0. The molecule has 0 amide bonds. The number of nitrogens with zero attached hydrogens (tertiary/aromatic N) is 2. The fourth-order valence-corrected chi connectivity index (χ4v) is 3.14. The molecule has 3 rings (SSSR count). The van der Waals surface area contributed by atoms with Gasteiger partial charge in [-0.25, -0.2) is 9.97 Å². The molecule has 1 N–H and O–H groups in total. The number of aromatic nitrogens is 2. The molecule has 3 aromatic rings. The molecular weight excluding hydrogens is 370 g/mol. The van der Waals surface area contributed by atoms with Crippen molar-refractivity contribution >= 4 is 46.1 Å². The number of halogens is 1. The lowest BCUT2D eigenvalue weighted by Gasteiger charge is -2.11. The predicted molar refractivity (Wildman–Crippen MR) is 106 cm³/mol. The zero-order valence-corrected chi connectivity index (χ0v) is 15.8. The summed E-state index contributed by atoms with van der Waals surface area (Å²) in [5, 5.41) is 5.53. The Balaban J connectivity index is 1.80. The van der Waals surface area contributed by atoms with Crippen LogP contribution in [0.4, 0.5) is 5.82 Å². The van der Waals surface area contributed by atoms with Crippen LogP contribution in [0, 0.1) is 0 Å². The van der Waals surface area contributed by atoms with Crippen molar-refractivity contribution in [3.63, 3.8) is 0 Å². The Labute approximate surface area is 161 Å². The Bertz CT molecular complexity index is 903. The van der Waals surface area contributed by atoms with Gasteiger partial charge in [0.05, 0.1) is 17.9 Å². The lowest BCUT2D eigenvalue weighted by Crippen LogP contribution is -2.08. The molecule has 0 fully saturated rings. The minimum Gasteiger partial charge on any atom is -0.465 e. The first-order chi connectivity index (χ1) is 12.7. The number of hydrogen-bond donors (Lipinski definition) is 1. The Kier molecular flexibility index (Phi) is 6.30. The number of esters is 1. The normalized spacial score (nSPS) is 10.7. The van der Waals surface area contributed by atoms with E-state index in [1.165, 1.54) is 11.8 Å². The van der Waals surface area contributed by atoms with Crippen molar-refractivity contribution in [1.82, 2.24) is 9.97 Å². The van der Waals surface area contributed by atoms with E-state index in [2.05, 4.69) is 15.3 Å². The number of hydrogen-bond acceptors (Lipinski definition) is 6. The van der Waals surface area contributed by atoms with Gasteiger partial charge in [0.1, 0.15) is 5.82 Å². The number of nitrogens with one attached hydrogen (secondary N) is 1. The Hall–Kier alpha value is -2.31. The Morgan fingerprint density at radius 2 is 1.92 bits per heavy atom. The average Bonchev–Trinajstić information content (AvgIpc) is 2.66. The standard InChI is InChI=1S/C19H18ClN3O2S/c1-2-25-17(24)12-26-19-22-16-6-4-3-5-15(16)18(23-19)21-11-13-7-9-14(20)10-8-13/h3-10H,2,11-12H2,1H3,(H,21,22,23). The van der Waals surface area contributed by atoms with Crippen molar-refractivity contribution in [3.05, 3.63) is 59.1 Å². The molecule has 0 aliphatic rings. The van der Waals surface area contributed by atoms with Crippen molar-refractivity contribution < 1.29 is 9.53 Å². The van der Waals surface area contributed by atoms with E-state index >= 15 is 0 Å². The molecule has 0 radical (unpaired) electrons. The van der Waals surface area contributed by atoms with E-state index in [1.807, 2.05) is 48.5 Å². The minimum absolute atomic E-state index is 0.183. The first-order valence-electron chi connectivity index (χ1n) is 8.19. The summed E-state index contributed by atoms with van der Waals surface area (Å²) in [5.74, 6) is 0.643. The van der Waals surface area contributed by atoms with Gasteiger partial charge in [-0.2, -0.15) is 0 Å². The topological polar surface area (TPSA) is 64.1 Å². The van der Waals surface area contributed by atoms with Gasteiger partial charge in [-0.15, -0.1) is 0 Å². The molecule has 0 saturated carbocycles. The maximum absolute atomic E-state index is 11.6. The molecule has 134 valence electrons. The summed E-state index contributed by atoms with van der Waals surface area (Å²) < 4.78 is 4.95. The summed E-state index contributed by atoms with van der Waals surface area (Å²) in [6.45, 7) is 2.76. The van der Waals surface area contributed by atoms with Gasteiger partial charge in [-0.05, 0) is 36.8 Å². The number of rotatable bonds is 7. The van der Waals surface area contributed by atoms with Crippen molar-refractivity contribution in [2.45, 2.75) is 18.6 Å². The summed E-state index contributed by atoms with van der Waals surface area (Å²) in [6, 6.07) is 15.4. The molecule has 0 aliphatic heterocycles. The number of thioether (sulfide) groups is 1. The molecule has 7 heteroatoms. The molecule has 0 atom stereocenters. The molecule has 2 aromatic carbocycles. The van der Waals surface area contributed by atoms with Gasteiger partial charge in [0.15, 0.2) is 5.16 Å². The van der Waals surface area contributed by atoms with E-state index < -0.39 is 0 Å². The highest BCUT2D eigenvalue weighted by Crippen LogP contribution is 2.25. The van der Waals surface area contributed by atoms with Crippen molar-refractivity contribution in [2.24, 2.45) is 0 Å². The fourth-order valence-electron chi connectivity index (χ4n) is 2.37.